The number of pyridine rings is 1. The van der Waals surface area contributed by atoms with Crippen molar-refractivity contribution in [1.29, 1.82) is 0 Å². The number of rotatable bonds is 3. The Bertz CT molecular complexity index is 1000. The van der Waals surface area contributed by atoms with Crippen molar-refractivity contribution < 1.29 is 0 Å². The number of nitrogens with zero attached hydrogens (tertiary/aromatic N) is 2. The van der Waals surface area contributed by atoms with Crippen LogP contribution in [0, 0.1) is 0 Å². The van der Waals surface area contributed by atoms with Crippen LogP contribution < -0.4 is 5.56 Å². The maximum Gasteiger partial charge on any atom is 0.273 e. The third kappa shape index (κ3) is 2.65. The van der Waals surface area contributed by atoms with Gasteiger partial charge in [0, 0.05) is 12.3 Å². The quantitative estimate of drug-likeness (QED) is 0.624. The molecule has 0 saturated heterocycles. The van der Waals surface area contributed by atoms with Crippen molar-refractivity contribution in [3.63, 3.8) is 0 Å². The molecule has 24 heavy (non-hydrogen) atoms. The first kappa shape index (κ1) is 14.2. The molecule has 0 bridgehead atoms. The zero-order chi connectivity index (χ0) is 16.4. The lowest BCUT2D eigenvalue weighted by Crippen LogP contribution is -2.14. The topological polar surface area (TPSA) is 50.7 Å². The molecule has 0 unspecified atom stereocenters. The lowest BCUT2D eigenvalue weighted by Gasteiger charge is -2.04. The highest BCUT2D eigenvalue weighted by atomic mass is 16.1. The first-order valence-electron chi connectivity index (χ1n) is 7.70. The van der Waals surface area contributed by atoms with Crippen LogP contribution in [-0.2, 0) is 0 Å². The van der Waals surface area contributed by atoms with Gasteiger partial charge in [0.15, 0.2) is 5.82 Å². The smallest absolute Gasteiger partial charge is 0.273 e. The Hall–Kier alpha value is -3.40. The van der Waals surface area contributed by atoms with E-state index in [2.05, 4.69) is 34.3 Å². The van der Waals surface area contributed by atoms with Crippen LogP contribution in [0.1, 0.15) is 0 Å². The molecule has 4 rings (SSSR count). The van der Waals surface area contributed by atoms with Crippen molar-refractivity contribution in [1.82, 2.24) is 14.8 Å². The summed E-state index contributed by atoms with van der Waals surface area (Å²) in [5.41, 5.74) is 3.91. The van der Waals surface area contributed by atoms with Gasteiger partial charge in [-0.05, 0) is 28.8 Å². The summed E-state index contributed by atoms with van der Waals surface area (Å²) in [6.07, 6.45) is 1.66. The molecule has 2 aromatic heterocycles. The molecular formula is C20H15N3O. The molecule has 2 heterocycles. The lowest BCUT2D eigenvalue weighted by molar-refractivity contribution is 0.822. The van der Waals surface area contributed by atoms with Crippen molar-refractivity contribution in [3.8, 4) is 28.2 Å². The summed E-state index contributed by atoms with van der Waals surface area (Å²) in [5, 5.41) is 3.11. The minimum absolute atomic E-state index is 0.129. The number of aromatic amines is 1. The fourth-order valence-electron chi connectivity index (χ4n) is 2.67. The molecule has 1 N–H and O–H groups in total. The Morgan fingerprint density at radius 1 is 0.750 bits per heavy atom. The fraction of sp³-hybridized carbons (Fsp3) is 0. The van der Waals surface area contributed by atoms with E-state index in [0.717, 1.165) is 16.8 Å². The number of aromatic nitrogens is 3. The van der Waals surface area contributed by atoms with Crippen LogP contribution in [-0.4, -0.2) is 14.8 Å². The zero-order valence-corrected chi connectivity index (χ0v) is 12.9. The highest BCUT2D eigenvalue weighted by Gasteiger charge is 2.08. The van der Waals surface area contributed by atoms with E-state index < -0.39 is 0 Å². The van der Waals surface area contributed by atoms with Crippen molar-refractivity contribution in [2.75, 3.05) is 0 Å². The van der Waals surface area contributed by atoms with Gasteiger partial charge in [0.2, 0.25) is 0 Å². The number of H-pyrrole nitrogens is 1. The first-order valence-corrected chi connectivity index (χ1v) is 7.70. The van der Waals surface area contributed by atoms with Gasteiger partial charge in [-0.25, -0.2) is 9.67 Å². The summed E-state index contributed by atoms with van der Waals surface area (Å²) < 4.78 is 1.44. The molecule has 0 fully saturated rings. The molecule has 4 nitrogen and oxygen atoms in total. The van der Waals surface area contributed by atoms with E-state index in [1.165, 1.54) is 10.2 Å². The molecule has 0 aliphatic heterocycles. The highest BCUT2D eigenvalue weighted by Crippen LogP contribution is 2.23. The molecule has 0 atom stereocenters. The summed E-state index contributed by atoms with van der Waals surface area (Å²) in [4.78, 5) is 16.4. The molecular weight excluding hydrogens is 298 g/mol. The maximum absolute atomic E-state index is 12.2. The van der Waals surface area contributed by atoms with Crippen LogP contribution in [0.5, 0.6) is 0 Å². The number of nitrogens with one attached hydrogen (secondary N) is 1. The highest BCUT2D eigenvalue weighted by molar-refractivity contribution is 5.68. The van der Waals surface area contributed by atoms with Gasteiger partial charge in [0.1, 0.15) is 0 Å². The van der Waals surface area contributed by atoms with E-state index >= 15 is 0 Å². The SMILES string of the molecule is O=c1cc(-c2ccc(-c3ccccc3)cc2)[nH]n1-c1ccccn1. The monoisotopic (exact) mass is 313 g/mol. The molecule has 0 spiro atoms. The van der Waals surface area contributed by atoms with Crippen LogP contribution in [0.25, 0.3) is 28.2 Å². The van der Waals surface area contributed by atoms with Gasteiger partial charge in [0.05, 0.1) is 5.69 Å². The van der Waals surface area contributed by atoms with Crippen LogP contribution in [0.2, 0.25) is 0 Å². The zero-order valence-electron chi connectivity index (χ0n) is 12.9. The molecule has 0 aliphatic rings. The van der Waals surface area contributed by atoms with Gasteiger partial charge < -0.3 is 0 Å². The Balaban J connectivity index is 1.69. The van der Waals surface area contributed by atoms with Gasteiger partial charge in [-0.15, -0.1) is 0 Å². The third-order valence-electron chi connectivity index (χ3n) is 3.90. The second-order valence-electron chi connectivity index (χ2n) is 5.47. The van der Waals surface area contributed by atoms with Gasteiger partial charge >= 0.3 is 0 Å². The maximum atomic E-state index is 12.2. The van der Waals surface area contributed by atoms with Gasteiger partial charge in [-0.3, -0.25) is 9.89 Å². The van der Waals surface area contributed by atoms with E-state index in [1.807, 2.05) is 42.5 Å². The Morgan fingerprint density at radius 2 is 1.42 bits per heavy atom. The number of benzene rings is 2. The largest absolute Gasteiger partial charge is 0.289 e. The minimum atomic E-state index is -0.129. The van der Waals surface area contributed by atoms with Crippen molar-refractivity contribution in [2.24, 2.45) is 0 Å². The van der Waals surface area contributed by atoms with Crippen LogP contribution in [0.15, 0.2) is 89.9 Å². The van der Waals surface area contributed by atoms with E-state index in [9.17, 15) is 4.79 Å². The average molecular weight is 313 g/mol. The summed E-state index contributed by atoms with van der Waals surface area (Å²) in [5.74, 6) is 0.578. The molecule has 0 amide bonds. The van der Waals surface area contributed by atoms with Crippen LogP contribution in [0.3, 0.4) is 0 Å². The normalized spacial score (nSPS) is 10.7. The van der Waals surface area contributed by atoms with E-state index in [-0.39, 0.29) is 5.56 Å². The van der Waals surface area contributed by atoms with E-state index in [0.29, 0.717) is 5.82 Å². The second-order valence-corrected chi connectivity index (χ2v) is 5.47. The van der Waals surface area contributed by atoms with Crippen molar-refractivity contribution in [2.45, 2.75) is 0 Å². The van der Waals surface area contributed by atoms with Crippen molar-refractivity contribution >= 4 is 0 Å². The Morgan fingerprint density at radius 3 is 2.12 bits per heavy atom. The third-order valence-corrected chi connectivity index (χ3v) is 3.90. The number of hydrogen-bond donors (Lipinski definition) is 1. The van der Waals surface area contributed by atoms with Crippen LogP contribution >= 0.6 is 0 Å². The van der Waals surface area contributed by atoms with Gasteiger partial charge in [-0.1, -0.05) is 60.7 Å². The fourth-order valence-corrected chi connectivity index (χ4v) is 2.67. The summed E-state index contributed by atoms with van der Waals surface area (Å²) in [6.45, 7) is 0. The second kappa shape index (κ2) is 6.01. The predicted octanol–water partition coefficient (Wildman–Crippen LogP) is 3.89. The predicted molar refractivity (Wildman–Crippen MR) is 95.1 cm³/mol. The molecule has 0 saturated carbocycles. The molecule has 2 aromatic carbocycles. The minimum Gasteiger partial charge on any atom is -0.289 e. The molecule has 0 aliphatic carbocycles. The molecule has 116 valence electrons. The van der Waals surface area contributed by atoms with Crippen LogP contribution in [0.4, 0.5) is 0 Å². The number of hydrogen-bond acceptors (Lipinski definition) is 2. The lowest BCUT2D eigenvalue weighted by atomic mass is 10.0. The summed E-state index contributed by atoms with van der Waals surface area (Å²) >= 11 is 0. The Kier molecular flexibility index (Phi) is 3.56. The Labute approximate surface area is 139 Å². The van der Waals surface area contributed by atoms with Gasteiger partial charge in [0.25, 0.3) is 5.56 Å². The molecule has 0 radical (unpaired) electrons. The molecule has 4 heteroatoms. The van der Waals surface area contributed by atoms with Gasteiger partial charge in [-0.2, -0.15) is 0 Å². The first-order chi connectivity index (χ1) is 11.8. The standard InChI is InChI=1S/C20H15N3O/c24-20-14-18(22-23(20)19-8-4-5-13-21-19)17-11-9-16(10-12-17)15-6-2-1-3-7-15/h1-14,22H. The summed E-state index contributed by atoms with van der Waals surface area (Å²) in [6, 6.07) is 25.4. The average Bonchev–Trinajstić information content (AvgIpc) is 3.05. The van der Waals surface area contributed by atoms with Crippen molar-refractivity contribution in [3.05, 3.63) is 95.4 Å². The van der Waals surface area contributed by atoms with E-state index in [1.54, 1.807) is 18.3 Å². The molecule has 4 aromatic rings. The summed E-state index contributed by atoms with van der Waals surface area (Å²) in [7, 11) is 0. The van der Waals surface area contributed by atoms with E-state index in [4.69, 9.17) is 0 Å².